The number of amides is 3. The van der Waals surface area contributed by atoms with E-state index in [2.05, 4.69) is 22.5 Å². The van der Waals surface area contributed by atoms with E-state index in [0.717, 1.165) is 45.1 Å². The lowest BCUT2D eigenvalue weighted by atomic mass is 9.74. The molecule has 3 amide bonds. The van der Waals surface area contributed by atoms with Gasteiger partial charge in [0.05, 0.1) is 17.9 Å². The lowest BCUT2D eigenvalue weighted by Crippen LogP contribution is -2.57. The van der Waals surface area contributed by atoms with Gasteiger partial charge in [0.2, 0.25) is 17.7 Å². The highest BCUT2D eigenvalue weighted by Crippen LogP contribution is 2.55. The molecular weight excluding hydrogens is 504 g/mol. The highest BCUT2D eigenvalue weighted by molar-refractivity contribution is 6.30. The van der Waals surface area contributed by atoms with Gasteiger partial charge in [0.15, 0.2) is 0 Å². The lowest BCUT2D eigenvalue weighted by molar-refractivity contribution is -0.141. The van der Waals surface area contributed by atoms with E-state index < -0.39 is 29.6 Å². The van der Waals surface area contributed by atoms with Gasteiger partial charge < -0.3 is 25.2 Å². The summed E-state index contributed by atoms with van der Waals surface area (Å²) in [6, 6.07) is 6.20. The van der Waals surface area contributed by atoms with Gasteiger partial charge in [-0.25, -0.2) is 0 Å². The second kappa shape index (κ2) is 11.4. The molecule has 3 heterocycles. The van der Waals surface area contributed by atoms with Gasteiger partial charge in [-0.05, 0) is 57.1 Å². The van der Waals surface area contributed by atoms with Gasteiger partial charge in [-0.2, -0.15) is 0 Å². The maximum Gasteiger partial charge on any atom is 0.246 e. The number of hydrogen-bond acceptors (Lipinski definition) is 5. The van der Waals surface area contributed by atoms with Gasteiger partial charge in [0.25, 0.3) is 0 Å². The lowest BCUT2D eigenvalue weighted by Gasteiger charge is -2.34. The number of carbonyl (C=O) groups is 3. The third kappa shape index (κ3) is 5.10. The summed E-state index contributed by atoms with van der Waals surface area (Å²) >= 11 is 6.00. The predicted molar refractivity (Wildman–Crippen MR) is 147 cm³/mol. The van der Waals surface area contributed by atoms with E-state index in [4.69, 9.17) is 16.3 Å². The maximum absolute atomic E-state index is 14.0. The number of likely N-dealkylation sites (tertiary alicyclic amines) is 1. The number of benzene rings is 1. The Balaban J connectivity index is 1.39. The molecule has 1 saturated carbocycles. The van der Waals surface area contributed by atoms with E-state index >= 15 is 0 Å². The highest BCUT2D eigenvalue weighted by atomic mass is 35.5. The highest BCUT2D eigenvalue weighted by Gasteiger charge is 2.72. The maximum atomic E-state index is 14.0. The fourth-order valence-corrected chi connectivity index (χ4v) is 6.74. The van der Waals surface area contributed by atoms with Crippen LogP contribution in [-0.2, 0) is 19.1 Å². The quantitative estimate of drug-likeness (QED) is 0.441. The summed E-state index contributed by atoms with van der Waals surface area (Å²) < 4.78 is 6.44. The van der Waals surface area contributed by atoms with E-state index in [-0.39, 0.29) is 23.8 Å². The molecule has 8 nitrogen and oxygen atoms in total. The normalized spacial score (nSPS) is 30.2. The molecule has 2 saturated heterocycles. The number of nitrogens with one attached hydrogen (secondary N) is 2. The molecule has 1 aromatic rings. The second-order valence-corrected chi connectivity index (χ2v) is 11.7. The largest absolute Gasteiger partial charge is 0.359 e. The molecule has 5 atom stereocenters. The molecule has 0 radical (unpaired) electrons. The van der Waals surface area contributed by atoms with Crippen LogP contribution >= 0.6 is 11.6 Å². The molecule has 4 aliphatic rings. The number of ether oxygens (including phenoxy) is 1. The van der Waals surface area contributed by atoms with Crippen molar-refractivity contribution in [3.8, 4) is 0 Å². The summed E-state index contributed by atoms with van der Waals surface area (Å²) in [5.74, 6) is -2.09. The summed E-state index contributed by atoms with van der Waals surface area (Å²) in [4.78, 5) is 45.3. The fraction of sp³-hybridized carbons (Fsp3) is 0.621. The van der Waals surface area contributed by atoms with Crippen LogP contribution in [0.25, 0.3) is 0 Å². The van der Waals surface area contributed by atoms with Gasteiger partial charge in [-0.1, -0.05) is 56.4 Å². The minimum Gasteiger partial charge on any atom is -0.359 e. The molecular formula is C29H39ClN4O4. The Hall–Kier alpha value is -2.42. The molecule has 1 aromatic carbocycles. The van der Waals surface area contributed by atoms with Crippen LogP contribution in [0.1, 0.15) is 51.9 Å². The van der Waals surface area contributed by atoms with Crippen molar-refractivity contribution in [2.24, 2.45) is 11.8 Å². The first-order valence-electron chi connectivity index (χ1n) is 14.1. The number of carbonyl (C=O) groups excluding carboxylic acids is 3. The predicted octanol–water partition coefficient (Wildman–Crippen LogP) is 3.61. The minimum atomic E-state index is -1.13. The van der Waals surface area contributed by atoms with Crippen LogP contribution in [0, 0.1) is 11.8 Å². The molecule has 3 aliphatic heterocycles. The molecule has 38 heavy (non-hydrogen) atoms. The SMILES string of the molecule is CCCCN(C)CCN1C(=O)[C@@H]2[C@H](C(=O)Nc3ccc(Cl)cc3)[C@@H]3C=C[C@@]2(O3)[C@H]1C(=O)NC1CCCCC1. The first-order chi connectivity index (χ1) is 18.3. The summed E-state index contributed by atoms with van der Waals surface area (Å²) in [7, 11) is 2.04. The average molecular weight is 543 g/mol. The zero-order chi connectivity index (χ0) is 26.9. The number of unbranched alkanes of at least 4 members (excludes halogenated alkanes) is 1. The minimum absolute atomic E-state index is 0.113. The Kier molecular flexibility index (Phi) is 8.12. The molecule has 0 unspecified atom stereocenters. The molecule has 1 spiro atoms. The Labute approximate surface area is 230 Å². The molecule has 2 bridgehead atoms. The number of fused-ring (bicyclic) bond motifs is 1. The molecule has 5 rings (SSSR count). The van der Waals surface area contributed by atoms with Crippen LogP contribution in [-0.4, -0.2) is 78.0 Å². The molecule has 206 valence electrons. The van der Waals surface area contributed by atoms with Crippen LogP contribution in [0.2, 0.25) is 5.02 Å². The second-order valence-electron chi connectivity index (χ2n) is 11.2. The van der Waals surface area contributed by atoms with Gasteiger partial charge >= 0.3 is 0 Å². The number of anilines is 1. The van der Waals surface area contributed by atoms with Gasteiger partial charge in [-0.3, -0.25) is 14.4 Å². The molecule has 3 fully saturated rings. The van der Waals surface area contributed by atoms with Gasteiger partial charge in [0, 0.05) is 29.8 Å². The van der Waals surface area contributed by atoms with Gasteiger partial charge in [-0.15, -0.1) is 0 Å². The van der Waals surface area contributed by atoms with Crippen LogP contribution < -0.4 is 10.6 Å². The van der Waals surface area contributed by atoms with Crippen LogP contribution in [0.15, 0.2) is 36.4 Å². The van der Waals surface area contributed by atoms with Crippen LogP contribution in [0.4, 0.5) is 5.69 Å². The average Bonchev–Trinajstić information content (AvgIpc) is 3.55. The van der Waals surface area contributed by atoms with Gasteiger partial charge in [0.1, 0.15) is 11.6 Å². The van der Waals surface area contributed by atoms with Crippen molar-refractivity contribution >= 4 is 35.0 Å². The van der Waals surface area contributed by atoms with Crippen molar-refractivity contribution < 1.29 is 19.1 Å². The fourth-order valence-electron chi connectivity index (χ4n) is 6.61. The Morgan fingerprint density at radius 2 is 1.87 bits per heavy atom. The van der Waals surface area contributed by atoms with Crippen molar-refractivity contribution in [3.05, 3.63) is 41.4 Å². The number of likely N-dealkylation sites (N-methyl/N-ethyl adjacent to an activating group) is 1. The number of nitrogens with zero attached hydrogens (tertiary/aromatic N) is 2. The first-order valence-corrected chi connectivity index (χ1v) is 14.4. The Morgan fingerprint density at radius 1 is 1.13 bits per heavy atom. The van der Waals surface area contributed by atoms with E-state index in [1.165, 1.54) is 6.42 Å². The van der Waals surface area contributed by atoms with E-state index in [0.29, 0.717) is 23.8 Å². The van der Waals surface area contributed by atoms with Crippen molar-refractivity contribution in [2.75, 3.05) is 32.0 Å². The van der Waals surface area contributed by atoms with E-state index in [1.807, 2.05) is 19.2 Å². The van der Waals surface area contributed by atoms with Crippen molar-refractivity contribution in [1.82, 2.24) is 15.1 Å². The third-order valence-corrected chi connectivity index (χ3v) is 8.86. The summed E-state index contributed by atoms with van der Waals surface area (Å²) in [6.07, 6.45) is 10.6. The topological polar surface area (TPSA) is 91.0 Å². The molecule has 9 heteroatoms. The molecule has 0 aromatic heterocycles. The Bertz CT molecular complexity index is 1070. The number of hydrogen-bond donors (Lipinski definition) is 2. The Morgan fingerprint density at radius 3 is 2.58 bits per heavy atom. The monoisotopic (exact) mass is 542 g/mol. The van der Waals surface area contributed by atoms with Crippen LogP contribution in [0.5, 0.6) is 0 Å². The molecule has 1 aliphatic carbocycles. The van der Waals surface area contributed by atoms with Crippen molar-refractivity contribution in [1.29, 1.82) is 0 Å². The van der Waals surface area contributed by atoms with Crippen LogP contribution in [0.3, 0.4) is 0 Å². The first kappa shape index (κ1) is 27.2. The van der Waals surface area contributed by atoms with E-state index in [1.54, 1.807) is 29.2 Å². The standard InChI is InChI=1S/C29H39ClN4O4/c1-3-4-16-33(2)17-18-34-25(27(36)32-20-8-6-5-7-9-20)29-15-14-22(38-29)23(24(29)28(34)37)26(35)31-21-12-10-19(30)11-13-21/h10-15,20,22-25H,3-9,16-18H2,1-2H3,(H,31,35)(H,32,36)/t22-,23+,24-,25+,29-/m0/s1. The zero-order valence-electron chi connectivity index (χ0n) is 22.3. The number of rotatable bonds is 10. The van der Waals surface area contributed by atoms with Crippen molar-refractivity contribution in [2.45, 2.75) is 75.7 Å². The summed E-state index contributed by atoms with van der Waals surface area (Å²) in [5.41, 5.74) is -0.531. The summed E-state index contributed by atoms with van der Waals surface area (Å²) in [5, 5.41) is 6.75. The van der Waals surface area contributed by atoms with Crippen molar-refractivity contribution in [3.63, 3.8) is 0 Å². The third-order valence-electron chi connectivity index (χ3n) is 8.60. The van der Waals surface area contributed by atoms with E-state index in [9.17, 15) is 14.4 Å². The summed E-state index contributed by atoms with van der Waals surface area (Å²) in [6.45, 7) is 4.14. The number of halogens is 1. The smallest absolute Gasteiger partial charge is 0.246 e. The molecule has 2 N–H and O–H groups in total. The zero-order valence-corrected chi connectivity index (χ0v) is 23.1.